The van der Waals surface area contributed by atoms with Gasteiger partial charge in [-0.25, -0.2) is 0 Å². The van der Waals surface area contributed by atoms with Crippen molar-refractivity contribution in [1.29, 1.82) is 0 Å². The van der Waals surface area contributed by atoms with Gasteiger partial charge in [0.2, 0.25) is 0 Å². The minimum atomic E-state index is -0.457. The monoisotopic (exact) mass is 304 g/mol. The van der Waals surface area contributed by atoms with E-state index in [9.17, 15) is 9.59 Å². The number of para-hydroxylation sites is 1. The van der Waals surface area contributed by atoms with Crippen molar-refractivity contribution in [3.05, 3.63) is 28.2 Å². The fourth-order valence-electron chi connectivity index (χ4n) is 1.45. The predicted molar refractivity (Wildman–Crippen MR) is 75.5 cm³/mol. The molecule has 1 unspecified atom stereocenters. The molecule has 5 nitrogen and oxygen atoms in total. The van der Waals surface area contributed by atoms with Gasteiger partial charge in [-0.05, 0) is 19.1 Å². The first-order chi connectivity index (χ1) is 8.82. The number of amides is 2. The second-order valence-electron chi connectivity index (χ2n) is 4.29. The summed E-state index contributed by atoms with van der Waals surface area (Å²) >= 11 is 11.9. The van der Waals surface area contributed by atoms with E-state index in [1.807, 2.05) is 0 Å². The van der Waals surface area contributed by atoms with Crippen LogP contribution in [0.3, 0.4) is 0 Å². The number of halogens is 2. The van der Waals surface area contributed by atoms with Gasteiger partial charge in [-0.3, -0.25) is 9.59 Å². The summed E-state index contributed by atoms with van der Waals surface area (Å²) < 4.78 is 0. The van der Waals surface area contributed by atoms with Crippen molar-refractivity contribution in [3.63, 3.8) is 0 Å². The molecule has 1 rings (SSSR count). The number of primary amides is 1. The predicted octanol–water partition coefficient (Wildman–Crippen LogP) is 0.320. The van der Waals surface area contributed by atoms with E-state index < -0.39 is 11.9 Å². The van der Waals surface area contributed by atoms with Crippen molar-refractivity contribution in [2.75, 3.05) is 18.9 Å². The highest BCUT2D eigenvalue weighted by Crippen LogP contribution is 2.29. The summed E-state index contributed by atoms with van der Waals surface area (Å²) in [5, 5.41) is 3.35. The molecule has 0 radical (unpaired) electrons. The van der Waals surface area contributed by atoms with E-state index >= 15 is 0 Å². The maximum Gasteiger partial charge on any atom is 0.279 e. The molecule has 1 aromatic rings. The van der Waals surface area contributed by atoms with Gasteiger partial charge in [0.1, 0.15) is 0 Å². The molecule has 1 aromatic carbocycles. The number of nitrogens with one attached hydrogen (secondary N) is 2. The van der Waals surface area contributed by atoms with Gasteiger partial charge < -0.3 is 16.0 Å². The van der Waals surface area contributed by atoms with E-state index in [0.29, 0.717) is 20.6 Å². The highest BCUT2D eigenvalue weighted by Gasteiger charge is 2.22. The van der Waals surface area contributed by atoms with Crippen LogP contribution in [0.5, 0.6) is 0 Å². The zero-order chi connectivity index (χ0) is 14.6. The lowest BCUT2D eigenvalue weighted by atomic mass is 10.2. The van der Waals surface area contributed by atoms with E-state index in [-0.39, 0.29) is 12.5 Å². The number of anilines is 1. The maximum absolute atomic E-state index is 11.9. The molecule has 19 heavy (non-hydrogen) atoms. The van der Waals surface area contributed by atoms with Crippen LogP contribution in [0.2, 0.25) is 10.0 Å². The fraction of sp³-hybridized carbons (Fsp3) is 0.333. The summed E-state index contributed by atoms with van der Waals surface area (Å²) in [5.41, 5.74) is 5.55. The normalized spacial score (nSPS) is 13.7. The van der Waals surface area contributed by atoms with Crippen LogP contribution in [0, 0.1) is 0 Å². The first kappa shape index (κ1) is 15.8. The lowest BCUT2D eigenvalue weighted by Gasteiger charge is -2.18. The molecule has 0 fully saturated rings. The number of nitrogens with two attached hydrogens (primary N) is 1. The third kappa shape index (κ3) is 4.38. The van der Waals surface area contributed by atoms with Crippen LogP contribution in [0.25, 0.3) is 0 Å². The van der Waals surface area contributed by atoms with Gasteiger partial charge in [-0.1, -0.05) is 29.3 Å². The van der Waals surface area contributed by atoms with Gasteiger partial charge in [0.15, 0.2) is 12.6 Å². The Morgan fingerprint density at radius 1 is 1.37 bits per heavy atom. The first-order valence-electron chi connectivity index (χ1n) is 5.68. The van der Waals surface area contributed by atoms with Gasteiger partial charge in [0, 0.05) is 0 Å². The Bertz CT molecular complexity index is 474. The van der Waals surface area contributed by atoms with E-state index in [0.717, 1.165) is 0 Å². The Balaban J connectivity index is 2.68. The SMILES string of the molecule is C[C@@H](C(N)=O)[NH+](C)CC(=O)Nc1c(Cl)cccc1Cl. The number of likely N-dealkylation sites (N-methyl/N-ethyl adjacent to an activating group) is 1. The summed E-state index contributed by atoms with van der Waals surface area (Å²) in [7, 11) is 1.71. The molecule has 2 atom stereocenters. The van der Waals surface area contributed by atoms with Crippen molar-refractivity contribution in [2.24, 2.45) is 5.73 Å². The van der Waals surface area contributed by atoms with Crippen LogP contribution >= 0.6 is 23.2 Å². The van der Waals surface area contributed by atoms with E-state index in [2.05, 4.69) is 5.32 Å². The number of hydrogen-bond acceptors (Lipinski definition) is 2. The Hall–Kier alpha value is -1.30. The molecule has 0 aliphatic heterocycles. The van der Waals surface area contributed by atoms with Crippen molar-refractivity contribution in [1.82, 2.24) is 0 Å². The number of quaternary nitrogens is 1. The molecule has 0 saturated heterocycles. The maximum atomic E-state index is 11.9. The van der Waals surface area contributed by atoms with Crippen LogP contribution in [-0.2, 0) is 9.59 Å². The van der Waals surface area contributed by atoms with Gasteiger partial charge in [-0.15, -0.1) is 0 Å². The molecule has 4 N–H and O–H groups in total. The zero-order valence-electron chi connectivity index (χ0n) is 10.7. The Morgan fingerprint density at radius 3 is 2.37 bits per heavy atom. The molecule has 0 aliphatic carbocycles. The summed E-state index contributed by atoms with van der Waals surface area (Å²) in [6.45, 7) is 1.75. The molecule has 0 saturated carbocycles. The molecule has 2 amide bonds. The van der Waals surface area contributed by atoms with Gasteiger partial charge in [0.25, 0.3) is 11.8 Å². The van der Waals surface area contributed by atoms with Crippen molar-refractivity contribution in [2.45, 2.75) is 13.0 Å². The number of carbonyl (C=O) groups is 2. The summed E-state index contributed by atoms with van der Waals surface area (Å²) in [6.07, 6.45) is 0. The van der Waals surface area contributed by atoms with Crippen LogP contribution in [0.15, 0.2) is 18.2 Å². The van der Waals surface area contributed by atoms with Crippen molar-refractivity contribution < 1.29 is 14.5 Å². The molecular weight excluding hydrogens is 289 g/mol. The standard InChI is InChI=1S/C12H15Cl2N3O2/c1-7(12(15)19)17(2)6-10(18)16-11-8(13)4-3-5-9(11)14/h3-5,7H,6H2,1-2H3,(H2,15,19)(H,16,18)/p+1/t7-/m0/s1. The molecular formula is C12H16Cl2N3O2+. The minimum absolute atomic E-state index is 0.0889. The Kier molecular flexibility index (Phi) is 5.60. The van der Waals surface area contributed by atoms with E-state index in [4.69, 9.17) is 28.9 Å². The lowest BCUT2D eigenvalue weighted by Crippen LogP contribution is -3.15. The van der Waals surface area contributed by atoms with Gasteiger partial charge in [-0.2, -0.15) is 0 Å². The van der Waals surface area contributed by atoms with Crippen molar-refractivity contribution in [3.8, 4) is 0 Å². The first-order valence-corrected chi connectivity index (χ1v) is 6.44. The molecule has 0 heterocycles. The quantitative estimate of drug-likeness (QED) is 0.733. The third-order valence-electron chi connectivity index (χ3n) is 2.83. The molecule has 0 aromatic heterocycles. The number of carbonyl (C=O) groups excluding carboxylic acids is 2. The van der Waals surface area contributed by atoms with Crippen LogP contribution < -0.4 is 16.0 Å². The van der Waals surface area contributed by atoms with Crippen molar-refractivity contribution >= 4 is 40.7 Å². The summed E-state index contributed by atoms with van der Waals surface area (Å²) in [6, 6.07) is 4.50. The molecule has 7 heteroatoms. The summed E-state index contributed by atoms with van der Waals surface area (Å²) in [4.78, 5) is 23.6. The van der Waals surface area contributed by atoms with Gasteiger partial charge >= 0.3 is 0 Å². The highest BCUT2D eigenvalue weighted by molar-refractivity contribution is 6.39. The molecule has 0 spiro atoms. The Morgan fingerprint density at radius 2 is 1.89 bits per heavy atom. The second-order valence-corrected chi connectivity index (χ2v) is 5.11. The van der Waals surface area contributed by atoms with Crippen LogP contribution in [0.4, 0.5) is 5.69 Å². The lowest BCUT2D eigenvalue weighted by molar-refractivity contribution is -0.885. The largest absolute Gasteiger partial charge is 0.365 e. The molecule has 104 valence electrons. The van der Waals surface area contributed by atoms with Crippen LogP contribution in [-0.4, -0.2) is 31.4 Å². The molecule has 0 bridgehead atoms. The second kappa shape index (κ2) is 6.75. The van der Waals surface area contributed by atoms with E-state index in [1.54, 1.807) is 32.2 Å². The number of rotatable bonds is 5. The summed E-state index contributed by atoms with van der Waals surface area (Å²) in [5.74, 6) is -0.748. The minimum Gasteiger partial charge on any atom is -0.365 e. The Labute approximate surface area is 121 Å². The van der Waals surface area contributed by atoms with Crippen LogP contribution in [0.1, 0.15) is 6.92 Å². The number of benzene rings is 1. The average molecular weight is 305 g/mol. The fourth-order valence-corrected chi connectivity index (χ4v) is 1.94. The molecule has 0 aliphatic rings. The highest BCUT2D eigenvalue weighted by atomic mass is 35.5. The van der Waals surface area contributed by atoms with E-state index in [1.165, 1.54) is 0 Å². The zero-order valence-corrected chi connectivity index (χ0v) is 12.2. The van der Waals surface area contributed by atoms with Gasteiger partial charge in [0.05, 0.1) is 22.8 Å². The number of hydrogen-bond donors (Lipinski definition) is 3. The smallest absolute Gasteiger partial charge is 0.279 e. The third-order valence-corrected chi connectivity index (χ3v) is 3.46. The topological polar surface area (TPSA) is 76.6 Å². The average Bonchev–Trinajstić information content (AvgIpc) is 2.32.